The molecule has 0 aliphatic rings. The van der Waals surface area contributed by atoms with E-state index in [1.165, 1.54) is 7.05 Å². The molecule has 0 amide bonds. The van der Waals surface area contributed by atoms with E-state index in [1.807, 2.05) is 26.8 Å². The molecule has 0 N–H and O–H groups in total. The molecule has 0 unspecified atom stereocenters. The summed E-state index contributed by atoms with van der Waals surface area (Å²) in [5, 5.41) is 0. The third-order valence-corrected chi connectivity index (χ3v) is 7.46. The minimum Gasteiger partial charge on any atom is -0.465 e. The van der Waals surface area contributed by atoms with E-state index in [-0.39, 0.29) is 17.4 Å². The summed E-state index contributed by atoms with van der Waals surface area (Å²) in [4.78, 5) is 21.4. The molecule has 0 radical (unpaired) electrons. The third kappa shape index (κ3) is 5.42. The highest BCUT2D eigenvalue weighted by Crippen LogP contribution is 2.23. The Balaban J connectivity index is 1.86. The highest BCUT2D eigenvalue weighted by Gasteiger charge is 2.34. The second-order valence-corrected chi connectivity index (χ2v) is 10.4. The molecule has 1 atom stereocenters. The molecule has 0 saturated carbocycles. The monoisotopic (exact) mass is 472 g/mol. The number of aromatic nitrogens is 3. The van der Waals surface area contributed by atoms with Crippen LogP contribution in [0.2, 0.25) is 0 Å². The molecular weight excluding hydrogens is 440 g/mol. The summed E-state index contributed by atoms with van der Waals surface area (Å²) in [5.74, 6) is 0.551. The van der Waals surface area contributed by atoms with E-state index in [0.29, 0.717) is 13.0 Å². The Labute approximate surface area is 195 Å². The predicted molar refractivity (Wildman–Crippen MR) is 127 cm³/mol. The van der Waals surface area contributed by atoms with Gasteiger partial charge in [-0.1, -0.05) is 32.9 Å². The number of fused-ring (bicyclic) bond motifs is 1. The second kappa shape index (κ2) is 10.4. The van der Waals surface area contributed by atoms with Crippen LogP contribution in [0, 0.1) is 5.92 Å². The lowest BCUT2D eigenvalue weighted by molar-refractivity contribution is -0.147. The summed E-state index contributed by atoms with van der Waals surface area (Å²) in [6.07, 6.45) is 4.64. The average molecular weight is 473 g/mol. The molecule has 0 spiro atoms. The molecule has 3 rings (SSSR count). The highest BCUT2D eigenvalue weighted by molar-refractivity contribution is 7.89. The number of rotatable bonds is 10. The standard InChI is InChI=1S/C24H32N4O4S/c1-6-23-26-20-15-25-13-12-21(20)28(23)16-18-8-10-19(11-9-18)33(30,31)27(5)22(14-17(3)4)24(29)32-7-2/h8-13,15,17,22H,6-7,14,16H2,1-5H3/t22-/m0/s1. The molecule has 2 heterocycles. The highest BCUT2D eigenvalue weighted by atomic mass is 32.2. The number of carbonyl (C=O) groups excluding carboxylic acids is 1. The summed E-state index contributed by atoms with van der Waals surface area (Å²) in [5.41, 5.74) is 2.78. The van der Waals surface area contributed by atoms with Crippen LogP contribution in [-0.4, -0.2) is 52.9 Å². The molecule has 0 aliphatic heterocycles. The van der Waals surface area contributed by atoms with Crippen LogP contribution < -0.4 is 0 Å². The molecular formula is C24H32N4O4S. The number of ether oxygens (including phenoxy) is 1. The number of sulfonamides is 1. The molecule has 8 nitrogen and oxygen atoms in total. The largest absolute Gasteiger partial charge is 0.465 e. The zero-order valence-electron chi connectivity index (χ0n) is 19.9. The lowest BCUT2D eigenvalue weighted by Gasteiger charge is -2.27. The Hall–Kier alpha value is -2.78. The third-order valence-electron chi connectivity index (χ3n) is 5.58. The van der Waals surface area contributed by atoms with Gasteiger partial charge in [0.25, 0.3) is 0 Å². The minimum absolute atomic E-state index is 0.132. The summed E-state index contributed by atoms with van der Waals surface area (Å²) in [7, 11) is -2.43. The quantitative estimate of drug-likeness (QED) is 0.418. The minimum atomic E-state index is -3.87. The molecule has 0 saturated heterocycles. The zero-order chi connectivity index (χ0) is 24.2. The number of imidazole rings is 1. The van der Waals surface area contributed by atoms with Gasteiger partial charge >= 0.3 is 5.97 Å². The fraction of sp³-hybridized carbons (Fsp3) is 0.458. The van der Waals surface area contributed by atoms with Crippen molar-refractivity contribution in [1.82, 2.24) is 18.8 Å². The number of pyridine rings is 1. The van der Waals surface area contributed by atoms with Gasteiger partial charge in [0.2, 0.25) is 10.0 Å². The first-order valence-electron chi connectivity index (χ1n) is 11.2. The van der Waals surface area contributed by atoms with Gasteiger partial charge in [-0.25, -0.2) is 13.4 Å². The van der Waals surface area contributed by atoms with Crippen molar-refractivity contribution >= 4 is 27.0 Å². The van der Waals surface area contributed by atoms with Crippen molar-refractivity contribution in [3.63, 3.8) is 0 Å². The first-order valence-corrected chi connectivity index (χ1v) is 12.7. The van der Waals surface area contributed by atoms with E-state index >= 15 is 0 Å². The molecule has 0 bridgehead atoms. The molecule has 3 aromatic rings. The van der Waals surface area contributed by atoms with E-state index in [2.05, 4.69) is 14.5 Å². The number of hydrogen-bond acceptors (Lipinski definition) is 6. The lowest BCUT2D eigenvalue weighted by Crippen LogP contribution is -2.44. The summed E-state index contributed by atoms with van der Waals surface area (Å²) < 4.78 is 34.9. The topological polar surface area (TPSA) is 94.4 Å². The van der Waals surface area contributed by atoms with Crippen LogP contribution in [0.25, 0.3) is 11.0 Å². The Kier molecular flexibility index (Phi) is 7.86. The summed E-state index contributed by atoms with van der Waals surface area (Å²) >= 11 is 0. The van der Waals surface area contributed by atoms with Crippen LogP contribution in [0.5, 0.6) is 0 Å². The SMILES string of the molecule is CCOC(=O)[C@H](CC(C)C)N(C)S(=O)(=O)c1ccc(Cn2c(CC)nc3cnccc32)cc1. The second-order valence-electron chi connectivity index (χ2n) is 8.39. The predicted octanol–water partition coefficient (Wildman–Crippen LogP) is 3.64. The maximum atomic E-state index is 13.3. The molecule has 178 valence electrons. The van der Waals surface area contributed by atoms with Gasteiger partial charge in [-0.3, -0.25) is 9.78 Å². The van der Waals surface area contributed by atoms with Gasteiger partial charge in [-0.05, 0) is 43.0 Å². The zero-order valence-corrected chi connectivity index (χ0v) is 20.7. The van der Waals surface area contributed by atoms with Crippen molar-refractivity contribution in [1.29, 1.82) is 0 Å². The smallest absolute Gasteiger partial charge is 0.324 e. The van der Waals surface area contributed by atoms with Gasteiger partial charge in [0.05, 0.1) is 23.2 Å². The molecule has 1 aromatic carbocycles. The van der Waals surface area contributed by atoms with Crippen LogP contribution in [0.4, 0.5) is 0 Å². The van der Waals surface area contributed by atoms with E-state index < -0.39 is 22.0 Å². The summed E-state index contributed by atoms with van der Waals surface area (Å²) in [6.45, 7) is 8.42. The van der Waals surface area contributed by atoms with Crippen molar-refractivity contribution in [2.45, 2.75) is 58.0 Å². The first-order chi connectivity index (χ1) is 15.7. The van der Waals surface area contributed by atoms with Crippen LogP contribution in [-0.2, 0) is 32.5 Å². The van der Waals surface area contributed by atoms with Crippen molar-refractivity contribution in [2.75, 3.05) is 13.7 Å². The molecule has 0 fully saturated rings. The number of hydrogen-bond donors (Lipinski definition) is 0. The van der Waals surface area contributed by atoms with Gasteiger partial charge < -0.3 is 9.30 Å². The molecule has 2 aromatic heterocycles. The van der Waals surface area contributed by atoms with Gasteiger partial charge in [0, 0.05) is 26.2 Å². The number of aryl methyl sites for hydroxylation is 1. The maximum absolute atomic E-state index is 13.3. The van der Waals surface area contributed by atoms with E-state index in [4.69, 9.17) is 4.74 Å². The van der Waals surface area contributed by atoms with Crippen LogP contribution >= 0.6 is 0 Å². The van der Waals surface area contributed by atoms with Crippen molar-refractivity contribution in [3.8, 4) is 0 Å². The van der Waals surface area contributed by atoms with Crippen molar-refractivity contribution in [2.24, 2.45) is 5.92 Å². The maximum Gasteiger partial charge on any atom is 0.324 e. The van der Waals surface area contributed by atoms with Gasteiger partial charge in [0.1, 0.15) is 17.4 Å². The first kappa shape index (κ1) is 24.9. The molecule has 0 aliphatic carbocycles. The fourth-order valence-electron chi connectivity index (χ4n) is 3.84. The number of likely N-dealkylation sites (N-methyl/N-ethyl adjacent to an activating group) is 1. The van der Waals surface area contributed by atoms with Crippen molar-refractivity contribution < 1.29 is 17.9 Å². The number of nitrogens with zero attached hydrogens (tertiary/aromatic N) is 4. The summed E-state index contributed by atoms with van der Waals surface area (Å²) in [6, 6.07) is 7.84. The Morgan fingerprint density at radius 3 is 2.45 bits per heavy atom. The number of esters is 1. The van der Waals surface area contributed by atoms with Gasteiger partial charge in [0.15, 0.2) is 0 Å². The molecule has 33 heavy (non-hydrogen) atoms. The number of carbonyl (C=O) groups is 1. The van der Waals surface area contributed by atoms with Crippen molar-refractivity contribution in [3.05, 3.63) is 54.1 Å². The average Bonchev–Trinajstić information content (AvgIpc) is 3.15. The fourth-order valence-corrected chi connectivity index (χ4v) is 5.16. The Bertz CT molecular complexity index is 1200. The van der Waals surface area contributed by atoms with E-state index in [1.54, 1.807) is 43.6 Å². The van der Waals surface area contributed by atoms with E-state index in [9.17, 15) is 13.2 Å². The van der Waals surface area contributed by atoms with Gasteiger partial charge in [-0.15, -0.1) is 0 Å². The Morgan fingerprint density at radius 1 is 1.15 bits per heavy atom. The Morgan fingerprint density at radius 2 is 1.85 bits per heavy atom. The van der Waals surface area contributed by atoms with Crippen LogP contribution in [0.15, 0.2) is 47.6 Å². The van der Waals surface area contributed by atoms with E-state index in [0.717, 1.165) is 33.1 Å². The van der Waals surface area contributed by atoms with Gasteiger partial charge in [-0.2, -0.15) is 4.31 Å². The normalized spacial score (nSPS) is 13.1. The molecule has 9 heteroatoms. The van der Waals surface area contributed by atoms with Crippen LogP contribution in [0.3, 0.4) is 0 Å². The lowest BCUT2D eigenvalue weighted by atomic mass is 10.0. The number of benzene rings is 1. The van der Waals surface area contributed by atoms with Crippen LogP contribution in [0.1, 0.15) is 45.5 Å².